The molecule has 0 aliphatic carbocycles. The number of carbonyl (C=O) groups is 1. The van der Waals surface area contributed by atoms with Crippen molar-refractivity contribution in [3.63, 3.8) is 0 Å². The second-order valence-corrected chi connectivity index (χ2v) is 9.09. The second-order valence-electron chi connectivity index (χ2n) is 6.61. The van der Waals surface area contributed by atoms with E-state index in [1.807, 2.05) is 13.8 Å². The van der Waals surface area contributed by atoms with Gasteiger partial charge >= 0.3 is 0 Å². The summed E-state index contributed by atoms with van der Waals surface area (Å²) in [7, 11) is -1.64. The summed E-state index contributed by atoms with van der Waals surface area (Å²) in [4.78, 5) is 14.6. The molecule has 0 saturated carbocycles. The fourth-order valence-electron chi connectivity index (χ4n) is 2.90. The van der Waals surface area contributed by atoms with E-state index in [4.69, 9.17) is 16.3 Å². The van der Waals surface area contributed by atoms with Crippen LogP contribution in [0.25, 0.3) is 0 Å². The van der Waals surface area contributed by atoms with Gasteiger partial charge in [0, 0.05) is 31.2 Å². The molecule has 0 bridgehead atoms. The van der Waals surface area contributed by atoms with Crippen LogP contribution >= 0.6 is 11.6 Å². The molecular weight excluding hydrogens is 364 g/mol. The predicted octanol–water partition coefficient (Wildman–Crippen LogP) is 2.62. The molecule has 1 aromatic carbocycles. The molecule has 0 aromatic heterocycles. The zero-order chi connectivity index (χ0) is 18.8. The number of benzene rings is 1. The zero-order valence-corrected chi connectivity index (χ0v) is 16.6. The number of carbonyl (C=O) groups excluding carboxylic acids is 1. The number of hydrogen-bond acceptors (Lipinski definition) is 4. The first-order chi connectivity index (χ1) is 11.6. The lowest BCUT2D eigenvalue weighted by molar-refractivity contribution is 0.0680. The van der Waals surface area contributed by atoms with Gasteiger partial charge in [0.05, 0.1) is 17.9 Å². The van der Waals surface area contributed by atoms with Gasteiger partial charge in [-0.15, -0.1) is 0 Å². The van der Waals surface area contributed by atoms with Gasteiger partial charge in [-0.3, -0.25) is 4.79 Å². The van der Waals surface area contributed by atoms with Crippen molar-refractivity contribution < 1.29 is 17.9 Å². The molecular formula is C17H25ClN2O4S. The van der Waals surface area contributed by atoms with E-state index in [-0.39, 0.29) is 18.1 Å². The number of ether oxygens (including phenoxy) is 1. The van der Waals surface area contributed by atoms with Crippen molar-refractivity contribution in [2.45, 2.75) is 38.8 Å². The topological polar surface area (TPSA) is 66.9 Å². The first-order valence-electron chi connectivity index (χ1n) is 8.28. The van der Waals surface area contributed by atoms with Crippen LogP contribution in [0.3, 0.4) is 0 Å². The number of hydrogen-bond donors (Lipinski definition) is 0. The highest BCUT2D eigenvalue weighted by molar-refractivity contribution is 7.88. The number of piperidine rings is 1. The number of nitrogens with zero attached hydrogens (tertiary/aromatic N) is 2. The van der Waals surface area contributed by atoms with Crippen molar-refractivity contribution >= 4 is 27.5 Å². The van der Waals surface area contributed by atoms with Crippen molar-refractivity contribution in [1.82, 2.24) is 9.21 Å². The standard InChI is InChI=1S/C17H25ClN2O4S/c1-12(2)24-16-6-5-13(18)11-15(16)17(21)20-9-7-14(8-10-20)19(3)25(4,22)23/h5-6,11-12,14H,7-10H2,1-4H3. The second kappa shape index (κ2) is 7.93. The minimum atomic E-state index is -3.23. The van der Waals surface area contributed by atoms with E-state index in [0.717, 1.165) is 0 Å². The molecule has 0 radical (unpaired) electrons. The average Bonchev–Trinajstić information content (AvgIpc) is 2.54. The molecule has 1 fully saturated rings. The molecule has 8 heteroatoms. The SMILES string of the molecule is CC(C)Oc1ccc(Cl)cc1C(=O)N1CCC(N(C)S(C)(=O)=O)CC1. The third-order valence-electron chi connectivity index (χ3n) is 4.32. The summed E-state index contributed by atoms with van der Waals surface area (Å²) < 4.78 is 30.4. The Hall–Kier alpha value is -1.31. The minimum Gasteiger partial charge on any atom is -0.490 e. The van der Waals surface area contributed by atoms with Crippen molar-refractivity contribution in [2.75, 3.05) is 26.4 Å². The van der Waals surface area contributed by atoms with E-state index >= 15 is 0 Å². The highest BCUT2D eigenvalue weighted by Crippen LogP contribution is 2.27. The van der Waals surface area contributed by atoms with E-state index in [1.54, 1.807) is 30.1 Å². The molecule has 25 heavy (non-hydrogen) atoms. The normalized spacial score (nSPS) is 16.5. The molecule has 1 aliphatic rings. The predicted molar refractivity (Wildman–Crippen MR) is 98.7 cm³/mol. The van der Waals surface area contributed by atoms with Crippen LogP contribution in [0.4, 0.5) is 0 Å². The molecule has 0 N–H and O–H groups in total. The summed E-state index contributed by atoms with van der Waals surface area (Å²) in [5.74, 6) is 0.374. The lowest BCUT2D eigenvalue weighted by atomic mass is 10.0. The van der Waals surface area contributed by atoms with Crippen LogP contribution in [0.5, 0.6) is 5.75 Å². The third-order valence-corrected chi connectivity index (χ3v) is 5.90. The van der Waals surface area contributed by atoms with Crippen LogP contribution in [0.2, 0.25) is 5.02 Å². The van der Waals surface area contributed by atoms with Gasteiger partial charge in [0.1, 0.15) is 5.75 Å². The Balaban J connectivity index is 2.12. The van der Waals surface area contributed by atoms with Gasteiger partial charge in [0.2, 0.25) is 10.0 Å². The molecule has 1 aromatic rings. The molecule has 1 heterocycles. The summed E-state index contributed by atoms with van der Waals surface area (Å²) in [6.07, 6.45) is 2.36. The lowest BCUT2D eigenvalue weighted by Crippen LogP contribution is -2.47. The third kappa shape index (κ3) is 5.09. The molecule has 6 nitrogen and oxygen atoms in total. The fraction of sp³-hybridized carbons (Fsp3) is 0.588. The maximum atomic E-state index is 12.9. The van der Waals surface area contributed by atoms with E-state index in [2.05, 4.69) is 0 Å². The van der Waals surface area contributed by atoms with Crippen molar-refractivity contribution in [3.05, 3.63) is 28.8 Å². The highest BCUT2D eigenvalue weighted by Gasteiger charge is 2.30. The molecule has 0 atom stereocenters. The first kappa shape index (κ1) is 20.0. The van der Waals surface area contributed by atoms with Gasteiger partial charge in [-0.25, -0.2) is 12.7 Å². The summed E-state index contributed by atoms with van der Waals surface area (Å²) in [5, 5.41) is 0.478. The van der Waals surface area contributed by atoms with E-state index in [9.17, 15) is 13.2 Å². The summed E-state index contributed by atoms with van der Waals surface area (Å²) >= 11 is 6.05. The minimum absolute atomic E-state index is 0.0538. The Bertz CT molecular complexity index is 728. The van der Waals surface area contributed by atoms with Gasteiger partial charge in [0.15, 0.2) is 0 Å². The van der Waals surface area contributed by atoms with Crippen LogP contribution in [0, 0.1) is 0 Å². The Labute approximate surface area is 154 Å². The maximum Gasteiger partial charge on any atom is 0.257 e. The number of rotatable bonds is 5. The van der Waals surface area contributed by atoms with E-state index < -0.39 is 10.0 Å². The lowest BCUT2D eigenvalue weighted by Gasteiger charge is -2.35. The van der Waals surface area contributed by atoms with E-state index in [0.29, 0.717) is 42.3 Å². The monoisotopic (exact) mass is 388 g/mol. The molecule has 2 rings (SSSR count). The summed E-state index contributed by atoms with van der Waals surface area (Å²) in [6, 6.07) is 4.95. The fourth-order valence-corrected chi connectivity index (χ4v) is 3.82. The van der Waals surface area contributed by atoms with Crippen LogP contribution < -0.4 is 4.74 Å². The highest BCUT2D eigenvalue weighted by atomic mass is 35.5. The number of likely N-dealkylation sites (tertiary alicyclic amines) is 1. The number of halogens is 1. The van der Waals surface area contributed by atoms with Crippen molar-refractivity contribution in [2.24, 2.45) is 0 Å². The Morgan fingerprint density at radius 2 is 1.92 bits per heavy atom. The van der Waals surface area contributed by atoms with Crippen molar-refractivity contribution in [3.8, 4) is 5.75 Å². The Morgan fingerprint density at radius 3 is 2.44 bits per heavy atom. The first-order valence-corrected chi connectivity index (χ1v) is 10.5. The summed E-state index contributed by atoms with van der Waals surface area (Å²) in [6.45, 7) is 4.79. The largest absolute Gasteiger partial charge is 0.490 e. The molecule has 140 valence electrons. The Morgan fingerprint density at radius 1 is 1.32 bits per heavy atom. The number of amides is 1. The van der Waals surface area contributed by atoms with Gasteiger partial charge in [0.25, 0.3) is 5.91 Å². The number of sulfonamides is 1. The van der Waals surface area contributed by atoms with Crippen LogP contribution in [0.1, 0.15) is 37.0 Å². The smallest absolute Gasteiger partial charge is 0.257 e. The summed E-state index contributed by atoms with van der Waals surface area (Å²) in [5.41, 5.74) is 0.441. The van der Waals surface area contributed by atoms with Crippen LogP contribution in [-0.4, -0.2) is 62.1 Å². The van der Waals surface area contributed by atoms with Gasteiger partial charge in [-0.05, 0) is 44.9 Å². The average molecular weight is 389 g/mol. The zero-order valence-electron chi connectivity index (χ0n) is 15.0. The van der Waals surface area contributed by atoms with E-state index in [1.165, 1.54) is 10.6 Å². The molecule has 1 saturated heterocycles. The van der Waals surface area contributed by atoms with Gasteiger partial charge < -0.3 is 9.64 Å². The maximum absolute atomic E-state index is 12.9. The van der Waals surface area contributed by atoms with Gasteiger partial charge in [-0.2, -0.15) is 0 Å². The quantitative estimate of drug-likeness (QED) is 0.777. The molecule has 0 unspecified atom stereocenters. The molecule has 1 amide bonds. The van der Waals surface area contributed by atoms with Gasteiger partial charge in [-0.1, -0.05) is 11.6 Å². The Kier molecular flexibility index (Phi) is 6.35. The molecule has 0 spiro atoms. The van der Waals surface area contributed by atoms with Crippen LogP contribution in [0.15, 0.2) is 18.2 Å². The molecule has 1 aliphatic heterocycles. The van der Waals surface area contributed by atoms with Crippen LogP contribution in [-0.2, 0) is 10.0 Å². The van der Waals surface area contributed by atoms with Crippen molar-refractivity contribution in [1.29, 1.82) is 0 Å².